The van der Waals surface area contributed by atoms with Crippen LogP contribution in [-0.2, 0) is 9.53 Å². The van der Waals surface area contributed by atoms with Gasteiger partial charge in [-0.15, -0.1) is 0 Å². The van der Waals surface area contributed by atoms with Crippen molar-refractivity contribution in [3.63, 3.8) is 0 Å². The average molecular weight is 269 g/mol. The van der Waals surface area contributed by atoms with Crippen LogP contribution in [0.1, 0.15) is 18.4 Å². The van der Waals surface area contributed by atoms with E-state index in [9.17, 15) is 4.79 Å². The summed E-state index contributed by atoms with van der Waals surface area (Å²) in [5.74, 6) is -0.151. The highest BCUT2D eigenvalue weighted by Crippen LogP contribution is 2.27. The van der Waals surface area contributed by atoms with Crippen LogP contribution in [0.5, 0.6) is 0 Å². The summed E-state index contributed by atoms with van der Waals surface area (Å²) in [7, 11) is 0. The summed E-state index contributed by atoms with van der Waals surface area (Å²) < 4.78 is 5.54. The Hall–Kier alpha value is -1.10. The SMILES string of the molecule is Cc1cccc(Cl)c1NC(=O)C1CCC(CN)O1. The molecular formula is C13H17ClN2O2. The number of ether oxygens (including phenoxy) is 1. The molecule has 1 fully saturated rings. The first-order valence-corrected chi connectivity index (χ1v) is 6.41. The van der Waals surface area contributed by atoms with Crippen LogP contribution in [0.15, 0.2) is 18.2 Å². The molecule has 0 aromatic heterocycles. The second-order valence-corrected chi connectivity index (χ2v) is 4.89. The first-order valence-electron chi connectivity index (χ1n) is 6.03. The van der Waals surface area contributed by atoms with Crippen molar-refractivity contribution in [1.29, 1.82) is 0 Å². The minimum atomic E-state index is -0.422. The van der Waals surface area contributed by atoms with Crippen molar-refractivity contribution in [1.82, 2.24) is 0 Å². The van der Waals surface area contributed by atoms with E-state index >= 15 is 0 Å². The van der Waals surface area contributed by atoms with E-state index in [1.54, 1.807) is 6.07 Å². The van der Waals surface area contributed by atoms with Gasteiger partial charge in [-0.1, -0.05) is 23.7 Å². The first kappa shape index (κ1) is 13.3. The fourth-order valence-corrected chi connectivity index (χ4v) is 2.33. The van der Waals surface area contributed by atoms with E-state index < -0.39 is 6.10 Å². The Bertz CT molecular complexity index is 430. The van der Waals surface area contributed by atoms with Crippen molar-refractivity contribution >= 4 is 23.2 Å². The van der Waals surface area contributed by atoms with Gasteiger partial charge in [0.05, 0.1) is 16.8 Å². The smallest absolute Gasteiger partial charge is 0.253 e. The van der Waals surface area contributed by atoms with Crippen molar-refractivity contribution in [3.8, 4) is 0 Å². The van der Waals surface area contributed by atoms with Crippen LogP contribution in [0, 0.1) is 6.92 Å². The molecule has 4 nitrogen and oxygen atoms in total. The number of rotatable bonds is 3. The van der Waals surface area contributed by atoms with Crippen LogP contribution in [0.2, 0.25) is 5.02 Å². The molecule has 0 bridgehead atoms. The van der Waals surface area contributed by atoms with Gasteiger partial charge in [0.15, 0.2) is 0 Å². The molecule has 1 amide bonds. The quantitative estimate of drug-likeness (QED) is 0.882. The minimum Gasteiger partial charge on any atom is -0.364 e. The number of para-hydroxylation sites is 1. The Morgan fingerprint density at radius 3 is 2.94 bits per heavy atom. The summed E-state index contributed by atoms with van der Waals surface area (Å²) in [6, 6.07) is 5.51. The highest BCUT2D eigenvalue weighted by molar-refractivity contribution is 6.34. The maximum atomic E-state index is 12.0. The van der Waals surface area contributed by atoms with Crippen molar-refractivity contribution in [3.05, 3.63) is 28.8 Å². The summed E-state index contributed by atoms with van der Waals surface area (Å²) >= 11 is 6.06. The number of carbonyl (C=O) groups excluding carboxylic acids is 1. The molecule has 0 radical (unpaired) electrons. The van der Waals surface area contributed by atoms with Crippen LogP contribution >= 0.6 is 11.6 Å². The molecule has 2 unspecified atom stereocenters. The summed E-state index contributed by atoms with van der Waals surface area (Å²) in [6.45, 7) is 2.36. The molecule has 1 aromatic carbocycles. The van der Waals surface area contributed by atoms with E-state index in [0.717, 1.165) is 12.0 Å². The van der Waals surface area contributed by atoms with Gasteiger partial charge in [0.25, 0.3) is 5.91 Å². The maximum Gasteiger partial charge on any atom is 0.253 e. The summed E-state index contributed by atoms with van der Waals surface area (Å²) in [6.07, 6.45) is 1.11. The molecule has 98 valence electrons. The first-order chi connectivity index (χ1) is 8.61. The Kier molecular flexibility index (Phi) is 4.22. The molecule has 2 rings (SSSR count). The molecule has 0 aliphatic carbocycles. The zero-order valence-electron chi connectivity index (χ0n) is 10.3. The van der Waals surface area contributed by atoms with E-state index in [0.29, 0.717) is 23.7 Å². The van der Waals surface area contributed by atoms with Crippen molar-refractivity contribution in [2.45, 2.75) is 32.0 Å². The predicted molar refractivity (Wildman–Crippen MR) is 71.8 cm³/mol. The lowest BCUT2D eigenvalue weighted by Gasteiger charge is -2.15. The lowest BCUT2D eigenvalue weighted by molar-refractivity contribution is -0.126. The Morgan fingerprint density at radius 2 is 2.33 bits per heavy atom. The zero-order valence-corrected chi connectivity index (χ0v) is 11.0. The molecule has 0 saturated carbocycles. The van der Waals surface area contributed by atoms with E-state index in [1.165, 1.54) is 0 Å². The van der Waals surface area contributed by atoms with Gasteiger partial charge in [-0.2, -0.15) is 0 Å². The van der Waals surface area contributed by atoms with Crippen LogP contribution in [0.3, 0.4) is 0 Å². The van der Waals surface area contributed by atoms with Crippen LogP contribution in [0.25, 0.3) is 0 Å². The lowest BCUT2D eigenvalue weighted by Crippen LogP contribution is -2.30. The number of nitrogens with two attached hydrogens (primary N) is 1. The molecule has 1 aromatic rings. The number of carbonyl (C=O) groups is 1. The molecule has 1 aliphatic rings. The summed E-state index contributed by atoms with van der Waals surface area (Å²) in [5, 5.41) is 3.37. The zero-order chi connectivity index (χ0) is 13.1. The second kappa shape index (κ2) is 5.69. The van der Waals surface area contributed by atoms with Crippen molar-refractivity contribution in [2.75, 3.05) is 11.9 Å². The third-order valence-corrected chi connectivity index (χ3v) is 3.45. The molecule has 1 aliphatic heterocycles. The normalized spacial score (nSPS) is 23.1. The van der Waals surface area contributed by atoms with Gasteiger partial charge in [0.1, 0.15) is 6.10 Å². The molecule has 18 heavy (non-hydrogen) atoms. The average Bonchev–Trinajstić information content (AvgIpc) is 2.82. The van der Waals surface area contributed by atoms with Gasteiger partial charge in [-0.05, 0) is 31.4 Å². The third kappa shape index (κ3) is 2.83. The molecule has 5 heteroatoms. The predicted octanol–water partition coefficient (Wildman–Crippen LogP) is 2.09. The van der Waals surface area contributed by atoms with E-state index in [1.807, 2.05) is 19.1 Å². The number of halogens is 1. The van der Waals surface area contributed by atoms with Gasteiger partial charge in [-0.3, -0.25) is 4.79 Å². The molecule has 2 atom stereocenters. The number of amides is 1. The summed E-state index contributed by atoms with van der Waals surface area (Å²) in [5.41, 5.74) is 7.11. The highest BCUT2D eigenvalue weighted by atomic mass is 35.5. The third-order valence-electron chi connectivity index (χ3n) is 3.13. The van der Waals surface area contributed by atoms with Gasteiger partial charge >= 0.3 is 0 Å². The van der Waals surface area contributed by atoms with Crippen LogP contribution < -0.4 is 11.1 Å². The molecule has 1 heterocycles. The number of nitrogens with one attached hydrogen (secondary N) is 1. The highest BCUT2D eigenvalue weighted by Gasteiger charge is 2.30. The number of hydrogen-bond donors (Lipinski definition) is 2. The Balaban J connectivity index is 2.04. The van der Waals surface area contributed by atoms with Crippen molar-refractivity contribution in [2.24, 2.45) is 5.73 Å². The molecule has 0 spiro atoms. The van der Waals surface area contributed by atoms with E-state index in [2.05, 4.69) is 5.32 Å². The van der Waals surface area contributed by atoms with Gasteiger partial charge < -0.3 is 15.8 Å². The molecular weight excluding hydrogens is 252 g/mol. The number of hydrogen-bond acceptors (Lipinski definition) is 3. The van der Waals surface area contributed by atoms with E-state index in [4.69, 9.17) is 22.1 Å². The van der Waals surface area contributed by atoms with Gasteiger partial charge in [0.2, 0.25) is 0 Å². The number of benzene rings is 1. The Labute approximate surface area is 111 Å². The largest absolute Gasteiger partial charge is 0.364 e. The fraction of sp³-hybridized carbons (Fsp3) is 0.462. The number of aryl methyl sites for hydroxylation is 1. The Morgan fingerprint density at radius 1 is 1.56 bits per heavy atom. The lowest BCUT2D eigenvalue weighted by atomic mass is 10.1. The van der Waals surface area contributed by atoms with Crippen LogP contribution in [-0.4, -0.2) is 24.7 Å². The molecule has 3 N–H and O–H groups in total. The number of anilines is 1. The van der Waals surface area contributed by atoms with Gasteiger partial charge in [-0.25, -0.2) is 0 Å². The topological polar surface area (TPSA) is 64.4 Å². The van der Waals surface area contributed by atoms with E-state index in [-0.39, 0.29) is 12.0 Å². The fourth-order valence-electron chi connectivity index (χ4n) is 2.07. The monoisotopic (exact) mass is 268 g/mol. The second-order valence-electron chi connectivity index (χ2n) is 4.48. The maximum absolute atomic E-state index is 12.0. The van der Waals surface area contributed by atoms with Crippen LogP contribution in [0.4, 0.5) is 5.69 Å². The molecule has 1 saturated heterocycles. The van der Waals surface area contributed by atoms with Gasteiger partial charge in [0, 0.05) is 6.54 Å². The van der Waals surface area contributed by atoms with Crippen molar-refractivity contribution < 1.29 is 9.53 Å². The summed E-state index contributed by atoms with van der Waals surface area (Å²) in [4.78, 5) is 12.0. The standard InChI is InChI=1S/C13H17ClN2O2/c1-8-3-2-4-10(14)12(8)16-13(17)11-6-5-9(7-15)18-11/h2-4,9,11H,5-7,15H2,1H3,(H,16,17). The minimum absolute atomic E-state index is 0.00640.